The normalized spacial score (nSPS) is 10.7. The van der Waals surface area contributed by atoms with Gasteiger partial charge in [-0.3, -0.25) is 0 Å². The summed E-state index contributed by atoms with van der Waals surface area (Å²) in [6.07, 6.45) is 0. The van der Waals surface area contributed by atoms with Crippen LogP contribution in [0.5, 0.6) is 11.5 Å². The second kappa shape index (κ2) is 5.81. The fourth-order valence-electron chi connectivity index (χ4n) is 2.22. The van der Waals surface area contributed by atoms with Crippen LogP contribution in [0.25, 0.3) is 10.9 Å². The Kier molecular flexibility index (Phi) is 3.71. The number of aromatic nitrogens is 1. The molecule has 0 bridgehead atoms. The number of ether oxygens (including phenoxy) is 2. The topological polar surface area (TPSA) is 57.4 Å². The van der Waals surface area contributed by atoms with E-state index in [1.807, 2.05) is 54.6 Å². The van der Waals surface area contributed by atoms with E-state index in [2.05, 4.69) is 4.98 Å². The fraction of sp³-hybridized carbons (Fsp3) is 0.118. The molecule has 0 aliphatic rings. The third-order valence-electron chi connectivity index (χ3n) is 3.15. The molecular formula is C17H16N2O2. The van der Waals surface area contributed by atoms with E-state index >= 15 is 0 Å². The van der Waals surface area contributed by atoms with Crippen LogP contribution in [0.2, 0.25) is 0 Å². The maximum Gasteiger partial charge on any atom is 0.153 e. The highest BCUT2D eigenvalue weighted by Gasteiger charge is 2.09. The number of nitrogen functional groups attached to an aromatic ring is 1. The first-order valence-corrected chi connectivity index (χ1v) is 6.68. The van der Waals surface area contributed by atoms with Crippen LogP contribution in [0.1, 0.15) is 5.69 Å². The number of nitrogens with two attached hydrogens (primary N) is 1. The van der Waals surface area contributed by atoms with Crippen molar-refractivity contribution >= 4 is 16.6 Å². The van der Waals surface area contributed by atoms with Crippen LogP contribution in [0.4, 0.5) is 5.69 Å². The van der Waals surface area contributed by atoms with E-state index in [0.717, 1.165) is 22.3 Å². The minimum absolute atomic E-state index is 0.416. The number of pyridine rings is 1. The van der Waals surface area contributed by atoms with Gasteiger partial charge in [0.05, 0.1) is 12.3 Å². The summed E-state index contributed by atoms with van der Waals surface area (Å²) < 4.78 is 11.1. The Bertz CT molecular complexity index is 757. The van der Waals surface area contributed by atoms with Crippen molar-refractivity contribution in [1.82, 2.24) is 4.98 Å². The average molecular weight is 280 g/mol. The van der Waals surface area contributed by atoms with Gasteiger partial charge < -0.3 is 15.2 Å². The van der Waals surface area contributed by atoms with E-state index in [-0.39, 0.29) is 0 Å². The molecule has 0 fully saturated rings. The van der Waals surface area contributed by atoms with Gasteiger partial charge in [0.2, 0.25) is 0 Å². The lowest BCUT2D eigenvalue weighted by atomic mass is 10.1. The van der Waals surface area contributed by atoms with Crippen LogP contribution in [-0.4, -0.2) is 12.1 Å². The van der Waals surface area contributed by atoms with Crippen molar-refractivity contribution in [1.29, 1.82) is 0 Å². The summed E-state index contributed by atoms with van der Waals surface area (Å²) in [4.78, 5) is 4.59. The number of benzene rings is 2. The Labute approximate surface area is 123 Å². The van der Waals surface area contributed by atoms with Crippen LogP contribution >= 0.6 is 0 Å². The van der Waals surface area contributed by atoms with Gasteiger partial charge in [0.25, 0.3) is 0 Å². The summed E-state index contributed by atoms with van der Waals surface area (Å²) in [5, 5.41) is 0.878. The minimum Gasteiger partial charge on any atom is -0.455 e. The smallest absolute Gasteiger partial charge is 0.153 e. The predicted molar refractivity (Wildman–Crippen MR) is 83.4 cm³/mol. The van der Waals surface area contributed by atoms with Crippen molar-refractivity contribution in [3.63, 3.8) is 0 Å². The molecule has 0 aliphatic heterocycles. The zero-order valence-electron chi connectivity index (χ0n) is 11.7. The molecule has 0 atom stereocenters. The molecule has 0 saturated heterocycles. The van der Waals surface area contributed by atoms with E-state index in [0.29, 0.717) is 18.0 Å². The van der Waals surface area contributed by atoms with E-state index in [4.69, 9.17) is 15.2 Å². The van der Waals surface area contributed by atoms with E-state index in [1.54, 1.807) is 7.11 Å². The van der Waals surface area contributed by atoms with Crippen LogP contribution < -0.4 is 10.5 Å². The molecular weight excluding hydrogens is 264 g/mol. The maximum atomic E-state index is 6.10. The first-order valence-electron chi connectivity index (χ1n) is 6.68. The Hall–Kier alpha value is -2.59. The summed E-state index contributed by atoms with van der Waals surface area (Å²) in [6.45, 7) is 0.416. The van der Waals surface area contributed by atoms with Gasteiger partial charge in [-0.15, -0.1) is 0 Å². The maximum absolute atomic E-state index is 6.10. The van der Waals surface area contributed by atoms with Gasteiger partial charge in [0.1, 0.15) is 11.3 Å². The molecule has 1 aromatic heterocycles. The highest BCUT2D eigenvalue weighted by molar-refractivity contribution is 5.94. The van der Waals surface area contributed by atoms with Crippen LogP contribution in [0, 0.1) is 0 Å². The molecule has 4 nitrogen and oxygen atoms in total. The van der Waals surface area contributed by atoms with Crippen molar-refractivity contribution in [2.45, 2.75) is 6.61 Å². The second-order valence-corrected chi connectivity index (χ2v) is 4.70. The van der Waals surface area contributed by atoms with Crippen molar-refractivity contribution < 1.29 is 9.47 Å². The number of fused-ring (bicyclic) bond motifs is 1. The van der Waals surface area contributed by atoms with Crippen molar-refractivity contribution in [2.24, 2.45) is 0 Å². The highest BCUT2D eigenvalue weighted by Crippen LogP contribution is 2.31. The molecule has 106 valence electrons. The fourth-order valence-corrected chi connectivity index (χ4v) is 2.22. The molecule has 0 unspecified atom stereocenters. The lowest BCUT2D eigenvalue weighted by Gasteiger charge is -2.11. The molecule has 0 radical (unpaired) electrons. The Morgan fingerprint density at radius 3 is 2.62 bits per heavy atom. The number of methoxy groups -OCH3 is 1. The Morgan fingerprint density at radius 1 is 1.05 bits per heavy atom. The van der Waals surface area contributed by atoms with E-state index < -0.39 is 0 Å². The molecule has 2 N–H and O–H groups in total. The molecule has 4 heteroatoms. The zero-order chi connectivity index (χ0) is 14.7. The van der Waals surface area contributed by atoms with Gasteiger partial charge in [0.15, 0.2) is 5.75 Å². The average Bonchev–Trinajstić information content (AvgIpc) is 2.50. The summed E-state index contributed by atoms with van der Waals surface area (Å²) in [6, 6.07) is 17.2. The van der Waals surface area contributed by atoms with Crippen LogP contribution in [-0.2, 0) is 11.3 Å². The monoisotopic (exact) mass is 280 g/mol. The number of para-hydroxylation sites is 2. The van der Waals surface area contributed by atoms with Gasteiger partial charge in [-0.2, -0.15) is 0 Å². The molecule has 2 aromatic carbocycles. The summed E-state index contributed by atoms with van der Waals surface area (Å²) in [7, 11) is 1.63. The molecule has 1 heterocycles. The first kappa shape index (κ1) is 13.4. The quantitative estimate of drug-likeness (QED) is 0.790. The van der Waals surface area contributed by atoms with Crippen LogP contribution in [0.15, 0.2) is 54.6 Å². The largest absolute Gasteiger partial charge is 0.455 e. The van der Waals surface area contributed by atoms with Crippen molar-refractivity contribution in [3.05, 3.63) is 60.3 Å². The third kappa shape index (κ3) is 2.80. The Balaban J connectivity index is 2.09. The summed E-state index contributed by atoms with van der Waals surface area (Å²) in [5.41, 5.74) is 8.30. The van der Waals surface area contributed by atoms with E-state index in [1.165, 1.54) is 0 Å². The molecule has 3 aromatic rings. The number of nitrogens with zero attached hydrogens (tertiary/aromatic N) is 1. The van der Waals surface area contributed by atoms with Gasteiger partial charge >= 0.3 is 0 Å². The third-order valence-corrected chi connectivity index (χ3v) is 3.15. The van der Waals surface area contributed by atoms with Crippen molar-refractivity contribution in [2.75, 3.05) is 12.8 Å². The SMILES string of the molecule is COCc1cc(N)c2cccc(Oc3ccccc3)c2n1. The first-order chi connectivity index (χ1) is 10.3. The second-order valence-electron chi connectivity index (χ2n) is 4.70. The van der Waals surface area contributed by atoms with E-state index in [9.17, 15) is 0 Å². The summed E-state index contributed by atoms with van der Waals surface area (Å²) in [5.74, 6) is 1.45. The predicted octanol–water partition coefficient (Wildman–Crippen LogP) is 3.76. The minimum atomic E-state index is 0.416. The molecule has 0 amide bonds. The lowest BCUT2D eigenvalue weighted by Crippen LogP contribution is -1.98. The molecule has 21 heavy (non-hydrogen) atoms. The Morgan fingerprint density at radius 2 is 1.86 bits per heavy atom. The standard InChI is InChI=1S/C17H16N2O2/c1-20-11-12-10-15(18)14-8-5-9-16(17(14)19-12)21-13-6-3-2-4-7-13/h2-10H,11H2,1H3,(H2,18,19). The van der Waals surface area contributed by atoms with Gasteiger partial charge in [0, 0.05) is 18.2 Å². The number of anilines is 1. The van der Waals surface area contributed by atoms with Gasteiger partial charge in [-0.1, -0.05) is 30.3 Å². The number of hydrogen-bond acceptors (Lipinski definition) is 4. The van der Waals surface area contributed by atoms with Gasteiger partial charge in [-0.05, 0) is 24.3 Å². The molecule has 0 spiro atoms. The molecule has 3 rings (SSSR count). The highest BCUT2D eigenvalue weighted by atomic mass is 16.5. The number of rotatable bonds is 4. The van der Waals surface area contributed by atoms with Crippen LogP contribution in [0.3, 0.4) is 0 Å². The lowest BCUT2D eigenvalue weighted by molar-refractivity contribution is 0.182. The number of hydrogen-bond donors (Lipinski definition) is 1. The molecule has 0 saturated carbocycles. The zero-order valence-corrected chi connectivity index (χ0v) is 11.7. The van der Waals surface area contributed by atoms with Gasteiger partial charge in [-0.25, -0.2) is 4.98 Å². The van der Waals surface area contributed by atoms with Crippen molar-refractivity contribution in [3.8, 4) is 11.5 Å². The summed E-state index contributed by atoms with van der Waals surface area (Å²) >= 11 is 0. The molecule has 0 aliphatic carbocycles.